The largest absolute Gasteiger partial charge is 0.481 e. The Bertz CT molecular complexity index is 1140. The molecule has 0 saturated heterocycles. The van der Waals surface area contributed by atoms with E-state index in [1.807, 2.05) is 0 Å². The third kappa shape index (κ3) is 4.54. The van der Waals surface area contributed by atoms with Crippen LogP contribution in [-0.2, 0) is 6.54 Å². The first-order valence-electron chi connectivity index (χ1n) is 9.43. The molecule has 0 radical (unpaired) electrons. The van der Waals surface area contributed by atoms with Crippen molar-refractivity contribution in [2.24, 2.45) is 0 Å². The SMILES string of the molecule is COc1ccc2c(n1)c(=O)c(C(=O)N(CCO)CCO)cn2Cc1c(F)cccc1F. The molecule has 0 aliphatic carbocycles. The van der Waals surface area contributed by atoms with Gasteiger partial charge in [-0.2, -0.15) is 0 Å². The minimum Gasteiger partial charge on any atom is -0.481 e. The summed E-state index contributed by atoms with van der Waals surface area (Å²) >= 11 is 0. The van der Waals surface area contributed by atoms with Crippen molar-refractivity contribution in [3.8, 4) is 5.88 Å². The van der Waals surface area contributed by atoms with Crippen LogP contribution in [0.5, 0.6) is 5.88 Å². The summed E-state index contributed by atoms with van der Waals surface area (Å²) in [7, 11) is 1.36. The molecule has 3 rings (SSSR count). The molecule has 0 aliphatic heterocycles. The van der Waals surface area contributed by atoms with Crippen LogP contribution < -0.4 is 10.2 Å². The fraction of sp³-hybridized carbons (Fsp3) is 0.286. The van der Waals surface area contributed by atoms with Crippen molar-refractivity contribution in [3.05, 3.63) is 69.5 Å². The van der Waals surface area contributed by atoms with E-state index in [0.717, 1.165) is 17.0 Å². The van der Waals surface area contributed by atoms with Gasteiger partial charge in [-0.05, 0) is 18.2 Å². The summed E-state index contributed by atoms with van der Waals surface area (Å²) in [6.07, 6.45) is 1.20. The van der Waals surface area contributed by atoms with E-state index >= 15 is 0 Å². The lowest BCUT2D eigenvalue weighted by Gasteiger charge is -2.21. The Morgan fingerprint density at radius 3 is 2.35 bits per heavy atom. The summed E-state index contributed by atoms with van der Waals surface area (Å²) in [5.74, 6) is -2.17. The number of rotatable bonds is 8. The Labute approximate surface area is 175 Å². The van der Waals surface area contributed by atoms with Crippen molar-refractivity contribution in [2.75, 3.05) is 33.4 Å². The van der Waals surface area contributed by atoms with Gasteiger partial charge in [-0.15, -0.1) is 0 Å². The molecule has 10 heteroatoms. The highest BCUT2D eigenvalue weighted by molar-refractivity contribution is 5.96. The molecule has 0 unspecified atom stereocenters. The standard InChI is InChI=1S/C21H21F2N3O5/c1-31-18-6-5-17-19(24-18)20(29)14(21(30)25(7-9-27)8-10-28)12-26(17)11-13-15(22)3-2-4-16(13)23/h2-6,12,27-28H,7-11H2,1H3. The first kappa shape index (κ1) is 22.3. The Kier molecular flexibility index (Phi) is 6.93. The Morgan fingerprint density at radius 1 is 1.13 bits per heavy atom. The molecule has 1 amide bonds. The fourth-order valence-electron chi connectivity index (χ4n) is 3.22. The van der Waals surface area contributed by atoms with E-state index in [9.17, 15) is 28.6 Å². The molecule has 2 aromatic heterocycles. The number of hydrogen-bond donors (Lipinski definition) is 2. The van der Waals surface area contributed by atoms with Gasteiger partial charge in [0.1, 0.15) is 22.7 Å². The minimum absolute atomic E-state index is 0.107. The third-order valence-corrected chi connectivity index (χ3v) is 4.76. The van der Waals surface area contributed by atoms with E-state index in [1.165, 1.54) is 36.1 Å². The number of amides is 1. The summed E-state index contributed by atoms with van der Waals surface area (Å²) in [6.45, 7) is -1.27. The average molecular weight is 433 g/mol. The Morgan fingerprint density at radius 2 is 1.77 bits per heavy atom. The van der Waals surface area contributed by atoms with Gasteiger partial charge >= 0.3 is 0 Å². The monoisotopic (exact) mass is 433 g/mol. The number of fused-ring (bicyclic) bond motifs is 1. The molecule has 0 bridgehead atoms. The van der Waals surface area contributed by atoms with Crippen molar-refractivity contribution in [1.82, 2.24) is 14.5 Å². The van der Waals surface area contributed by atoms with Crippen LogP contribution in [0, 0.1) is 11.6 Å². The second-order valence-electron chi connectivity index (χ2n) is 6.66. The molecule has 3 aromatic rings. The van der Waals surface area contributed by atoms with Gasteiger partial charge in [-0.25, -0.2) is 13.8 Å². The smallest absolute Gasteiger partial charge is 0.259 e. The van der Waals surface area contributed by atoms with E-state index in [4.69, 9.17) is 4.74 Å². The number of pyridine rings is 2. The maximum absolute atomic E-state index is 14.2. The van der Waals surface area contributed by atoms with Crippen LogP contribution in [0.2, 0.25) is 0 Å². The first-order valence-corrected chi connectivity index (χ1v) is 9.43. The number of aliphatic hydroxyl groups excluding tert-OH is 2. The highest BCUT2D eigenvalue weighted by Gasteiger charge is 2.22. The number of carbonyl (C=O) groups is 1. The number of methoxy groups -OCH3 is 1. The molecule has 0 aliphatic rings. The van der Waals surface area contributed by atoms with Gasteiger partial charge in [0.25, 0.3) is 5.91 Å². The number of carbonyl (C=O) groups excluding carboxylic acids is 1. The van der Waals surface area contributed by atoms with Crippen LogP contribution in [0.1, 0.15) is 15.9 Å². The minimum atomic E-state index is -0.775. The third-order valence-electron chi connectivity index (χ3n) is 4.76. The maximum Gasteiger partial charge on any atom is 0.259 e. The summed E-state index contributed by atoms with van der Waals surface area (Å²) in [5.41, 5.74) is -1.13. The second-order valence-corrected chi connectivity index (χ2v) is 6.66. The number of aliphatic hydroxyl groups is 2. The van der Waals surface area contributed by atoms with Gasteiger partial charge in [0.2, 0.25) is 11.3 Å². The van der Waals surface area contributed by atoms with Gasteiger partial charge in [0, 0.05) is 30.9 Å². The van der Waals surface area contributed by atoms with Gasteiger partial charge in [0.15, 0.2) is 0 Å². The van der Waals surface area contributed by atoms with Crippen molar-refractivity contribution in [1.29, 1.82) is 0 Å². The highest BCUT2D eigenvalue weighted by Crippen LogP contribution is 2.20. The Hall–Kier alpha value is -3.37. The van der Waals surface area contributed by atoms with Crippen molar-refractivity contribution in [2.45, 2.75) is 6.54 Å². The summed E-state index contributed by atoms with van der Waals surface area (Å²) in [6, 6.07) is 6.46. The molecule has 0 saturated carbocycles. The number of halogens is 2. The zero-order valence-corrected chi connectivity index (χ0v) is 16.7. The van der Waals surface area contributed by atoms with Gasteiger partial charge in [-0.1, -0.05) is 6.07 Å². The summed E-state index contributed by atoms with van der Waals surface area (Å²) in [4.78, 5) is 31.2. The molecule has 8 nitrogen and oxygen atoms in total. The predicted octanol–water partition coefficient (Wildman–Crippen LogP) is 1.16. The zero-order valence-electron chi connectivity index (χ0n) is 16.7. The molecule has 2 N–H and O–H groups in total. The molecule has 0 fully saturated rings. The number of ether oxygens (including phenoxy) is 1. The number of benzene rings is 1. The number of aromatic nitrogens is 2. The highest BCUT2D eigenvalue weighted by atomic mass is 19.1. The van der Waals surface area contributed by atoms with E-state index in [1.54, 1.807) is 0 Å². The molecule has 164 valence electrons. The topological polar surface area (TPSA) is 105 Å². The lowest BCUT2D eigenvalue weighted by molar-refractivity contribution is 0.0683. The first-order chi connectivity index (χ1) is 14.9. The van der Waals surface area contributed by atoms with E-state index in [-0.39, 0.29) is 60.9 Å². The van der Waals surface area contributed by atoms with Crippen LogP contribution >= 0.6 is 0 Å². The molecule has 0 spiro atoms. The lowest BCUT2D eigenvalue weighted by atomic mass is 10.1. The van der Waals surface area contributed by atoms with Crippen LogP contribution in [0.3, 0.4) is 0 Å². The van der Waals surface area contributed by atoms with Crippen LogP contribution in [0.25, 0.3) is 11.0 Å². The fourth-order valence-corrected chi connectivity index (χ4v) is 3.22. The summed E-state index contributed by atoms with van der Waals surface area (Å²) < 4.78 is 34.9. The van der Waals surface area contributed by atoms with Gasteiger partial charge in [0.05, 0.1) is 32.4 Å². The molecule has 0 atom stereocenters. The molecular formula is C21H21F2N3O5. The van der Waals surface area contributed by atoms with Crippen LogP contribution in [0.15, 0.2) is 41.3 Å². The summed E-state index contributed by atoms with van der Waals surface area (Å²) in [5, 5.41) is 18.4. The van der Waals surface area contributed by atoms with Crippen molar-refractivity contribution in [3.63, 3.8) is 0 Å². The average Bonchev–Trinajstić information content (AvgIpc) is 2.77. The number of hydrogen-bond acceptors (Lipinski definition) is 6. The maximum atomic E-state index is 14.2. The number of nitrogens with zero attached hydrogens (tertiary/aromatic N) is 3. The predicted molar refractivity (Wildman–Crippen MR) is 108 cm³/mol. The van der Waals surface area contributed by atoms with Gasteiger partial charge < -0.3 is 24.4 Å². The van der Waals surface area contributed by atoms with E-state index in [0.29, 0.717) is 0 Å². The molecule has 1 aromatic carbocycles. The van der Waals surface area contributed by atoms with Crippen LogP contribution in [-0.4, -0.2) is 64.0 Å². The van der Waals surface area contributed by atoms with E-state index in [2.05, 4.69) is 4.98 Å². The normalized spacial score (nSPS) is 11.0. The van der Waals surface area contributed by atoms with Gasteiger partial charge in [-0.3, -0.25) is 9.59 Å². The van der Waals surface area contributed by atoms with Crippen molar-refractivity contribution < 1.29 is 28.5 Å². The zero-order chi connectivity index (χ0) is 22.5. The van der Waals surface area contributed by atoms with Crippen LogP contribution in [0.4, 0.5) is 8.78 Å². The molecular weight excluding hydrogens is 412 g/mol. The van der Waals surface area contributed by atoms with E-state index < -0.39 is 23.0 Å². The lowest BCUT2D eigenvalue weighted by Crippen LogP contribution is -2.38. The molecule has 2 heterocycles. The van der Waals surface area contributed by atoms with Crippen molar-refractivity contribution >= 4 is 16.9 Å². The Balaban J connectivity index is 2.22. The quantitative estimate of drug-likeness (QED) is 0.553. The second kappa shape index (κ2) is 9.63. The molecule has 31 heavy (non-hydrogen) atoms.